The molecule has 158 valence electrons. The van der Waals surface area contributed by atoms with Gasteiger partial charge in [0.25, 0.3) is 0 Å². The summed E-state index contributed by atoms with van der Waals surface area (Å²) in [6.45, 7) is 0.846. The Kier molecular flexibility index (Phi) is 7.41. The Morgan fingerprint density at radius 3 is 2.47 bits per heavy atom. The van der Waals surface area contributed by atoms with Crippen LogP contribution in [0.15, 0.2) is 78.9 Å². The third-order valence-corrected chi connectivity index (χ3v) is 5.35. The van der Waals surface area contributed by atoms with Crippen LogP contribution in [-0.2, 0) is 4.79 Å². The molecule has 0 fully saturated rings. The molecule has 1 aliphatic carbocycles. The first-order chi connectivity index (χ1) is 14.5. The van der Waals surface area contributed by atoms with Crippen LogP contribution < -0.4 is 15.8 Å². The van der Waals surface area contributed by atoms with Gasteiger partial charge in [0, 0.05) is 6.54 Å². The van der Waals surface area contributed by atoms with Gasteiger partial charge >= 0.3 is 5.97 Å². The van der Waals surface area contributed by atoms with Crippen LogP contribution in [0, 0.1) is 5.41 Å². The van der Waals surface area contributed by atoms with Crippen molar-refractivity contribution in [3.05, 3.63) is 84.5 Å². The number of allylic oxidation sites excluding steroid dienone is 2. The van der Waals surface area contributed by atoms with E-state index in [1.54, 1.807) is 12.2 Å². The quantitative estimate of drug-likeness (QED) is 0.450. The normalized spacial score (nSPS) is 21.7. The maximum atomic E-state index is 12.2. The minimum atomic E-state index is -1.21. The number of benzene rings is 2. The van der Waals surface area contributed by atoms with E-state index in [1.165, 1.54) is 0 Å². The molecule has 0 radical (unpaired) electrons. The molecule has 2 unspecified atom stereocenters. The smallest absolute Gasteiger partial charge is 0.315 e. The molecule has 0 aromatic heterocycles. The summed E-state index contributed by atoms with van der Waals surface area (Å²) < 4.78 is 5.53. The van der Waals surface area contributed by atoms with Crippen LogP contribution >= 0.6 is 0 Å². The minimum Gasteiger partial charge on any atom is -0.491 e. The summed E-state index contributed by atoms with van der Waals surface area (Å²) in [5.41, 5.74) is 6.96. The third-order valence-electron chi connectivity index (χ3n) is 5.35. The van der Waals surface area contributed by atoms with E-state index in [2.05, 4.69) is 5.32 Å². The molecule has 2 aromatic carbocycles. The van der Waals surface area contributed by atoms with Crippen molar-refractivity contribution in [2.24, 2.45) is 11.1 Å². The number of nitrogens with one attached hydrogen (secondary N) is 1. The molecule has 0 heterocycles. The molecule has 1 aliphatic rings. The molecular formula is C24H28N2O4. The molecule has 30 heavy (non-hydrogen) atoms. The second kappa shape index (κ2) is 10.2. The summed E-state index contributed by atoms with van der Waals surface area (Å²) in [7, 11) is 0. The van der Waals surface area contributed by atoms with Crippen molar-refractivity contribution in [1.29, 1.82) is 0 Å². The van der Waals surface area contributed by atoms with Crippen LogP contribution in [0.2, 0.25) is 0 Å². The zero-order valence-corrected chi connectivity index (χ0v) is 16.8. The molecule has 0 amide bonds. The molecule has 0 aliphatic heterocycles. The Bertz CT molecular complexity index is 883. The number of nitrogens with two attached hydrogens (primary N) is 1. The Hall–Kier alpha value is -2.93. The molecule has 0 saturated carbocycles. The van der Waals surface area contributed by atoms with Crippen molar-refractivity contribution in [3.63, 3.8) is 0 Å². The number of aliphatic carboxylic acids is 1. The number of carbonyl (C=O) groups is 1. The number of rotatable bonds is 10. The summed E-state index contributed by atoms with van der Waals surface area (Å²) >= 11 is 0. The zero-order chi connectivity index (χ0) is 21.4. The van der Waals surface area contributed by atoms with Crippen LogP contribution in [0.1, 0.15) is 12.0 Å². The van der Waals surface area contributed by atoms with Crippen molar-refractivity contribution in [3.8, 4) is 5.75 Å². The molecule has 5 N–H and O–H groups in total. The van der Waals surface area contributed by atoms with Crippen LogP contribution in [0.4, 0.5) is 0 Å². The topological polar surface area (TPSA) is 105 Å². The Balaban J connectivity index is 1.54. The van der Waals surface area contributed by atoms with E-state index >= 15 is 0 Å². The number of carboxylic acid groups (broad SMARTS) is 1. The van der Waals surface area contributed by atoms with Gasteiger partial charge in [-0.15, -0.1) is 0 Å². The molecule has 6 heteroatoms. The Labute approximate surface area is 176 Å². The van der Waals surface area contributed by atoms with Crippen LogP contribution in [-0.4, -0.2) is 48.0 Å². The van der Waals surface area contributed by atoms with Crippen molar-refractivity contribution >= 4 is 11.5 Å². The van der Waals surface area contributed by atoms with E-state index in [0.29, 0.717) is 25.3 Å². The first-order valence-corrected chi connectivity index (χ1v) is 10.0. The number of aliphatic hydroxyl groups is 1. The lowest BCUT2D eigenvalue weighted by Gasteiger charge is -2.36. The average molecular weight is 408 g/mol. The van der Waals surface area contributed by atoms with Gasteiger partial charge in [0.15, 0.2) is 0 Å². The first kappa shape index (κ1) is 21.8. The number of ether oxygens (including phenoxy) is 1. The maximum absolute atomic E-state index is 12.2. The highest BCUT2D eigenvalue weighted by atomic mass is 16.5. The zero-order valence-electron chi connectivity index (χ0n) is 16.8. The fourth-order valence-corrected chi connectivity index (χ4v) is 3.60. The fraction of sp³-hybridized carbons (Fsp3) is 0.292. The van der Waals surface area contributed by atoms with Crippen molar-refractivity contribution in [2.75, 3.05) is 19.7 Å². The van der Waals surface area contributed by atoms with E-state index in [1.807, 2.05) is 66.7 Å². The average Bonchev–Trinajstić information content (AvgIpc) is 2.77. The lowest BCUT2D eigenvalue weighted by Crippen LogP contribution is -2.49. The number of carboxylic acids is 1. The summed E-state index contributed by atoms with van der Waals surface area (Å²) in [5, 5.41) is 23.2. The number of para-hydroxylation sites is 1. The molecular weight excluding hydrogens is 380 g/mol. The molecule has 3 rings (SSSR count). The summed E-state index contributed by atoms with van der Waals surface area (Å²) in [4.78, 5) is 12.2. The standard InChI is InChI=1S/C24H28N2O4/c25-22-21(18-8-3-1-4-9-18)12-7-13-24(22,23(28)29)14-15-26-16-19(27)17-30-20-10-5-2-6-11-20/h1-13,19,22,26-27H,14-17,25H2,(H,28,29)/t19?,22-,24?/m1/s1. The molecule has 3 atom stereocenters. The highest BCUT2D eigenvalue weighted by molar-refractivity contribution is 5.86. The van der Waals surface area contributed by atoms with Gasteiger partial charge in [-0.05, 0) is 36.2 Å². The lowest BCUT2D eigenvalue weighted by atomic mass is 9.70. The fourth-order valence-electron chi connectivity index (χ4n) is 3.60. The molecule has 0 bridgehead atoms. The van der Waals surface area contributed by atoms with Crippen molar-refractivity contribution in [1.82, 2.24) is 5.32 Å². The Morgan fingerprint density at radius 1 is 1.13 bits per heavy atom. The highest BCUT2D eigenvalue weighted by Crippen LogP contribution is 2.38. The number of aliphatic hydroxyl groups excluding tert-OH is 1. The monoisotopic (exact) mass is 408 g/mol. The van der Waals surface area contributed by atoms with Gasteiger partial charge in [0.05, 0.1) is 6.04 Å². The molecule has 6 nitrogen and oxygen atoms in total. The molecule has 0 saturated heterocycles. The summed E-state index contributed by atoms with van der Waals surface area (Å²) in [6.07, 6.45) is 4.91. The van der Waals surface area contributed by atoms with Crippen LogP contribution in [0.5, 0.6) is 5.75 Å². The van der Waals surface area contributed by atoms with E-state index < -0.39 is 23.5 Å². The molecule has 0 spiro atoms. The maximum Gasteiger partial charge on any atom is 0.315 e. The second-order valence-electron chi connectivity index (χ2n) is 7.40. The van der Waals surface area contributed by atoms with Gasteiger partial charge in [-0.3, -0.25) is 4.79 Å². The van der Waals surface area contributed by atoms with Crippen molar-refractivity contribution < 1.29 is 19.7 Å². The van der Waals surface area contributed by atoms with Gasteiger partial charge in [-0.1, -0.05) is 66.8 Å². The number of hydrogen-bond acceptors (Lipinski definition) is 5. The summed E-state index contributed by atoms with van der Waals surface area (Å²) in [6, 6.07) is 18.2. The highest BCUT2D eigenvalue weighted by Gasteiger charge is 2.44. The minimum absolute atomic E-state index is 0.154. The lowest BCUT2D eigenvalue weighted by molar-refractivity contribution is -0.146. The van der Waals surface area contributed by atoms with E-state index in [-0.39, 0.29) is 6.61 Å². The SMILES string of the molecule is N[C@@H]1C(c2ccccc2)=CC=CC1(CCNCC(O)COc1ccccc1)C(=O)O. The van der Waals surface area contributed by atoms with Crippen LogP contribution in [0.3, 0.4) is 0 Å². The van der Waals surface area contributed by atoms with Gasteiger partial charge in [-0.25, -0.2) is 0 Å². The summed E-state index contributed by atoms with van der Waals surface area (Å²) in [5.74, 6) is -0.262. The number of hydrogen-bond donors (Lipinski definition) is 4. The van der Waals surface area contributed by atoms with Gasteiger partial charge in [0.1, 0.15) is 23.9 Å². The van der Waals surface area contributed by atoms with E-state index in [9.17, 15) is 15.0 Å². The van der Waals surface area contributed by atoms with Gasteiger partial charge < -0.3 is 26.0 Å². The van der Waals surface area contributed by atoms with Gasteiger partial charge in [0.2, 0.25) is 0 Å². The third kappa shape index (κ3) is 5.16. The van der Waals surface area contributed by atoms with Gasteiger partial charge in [-0.2, -0.15) is 0 Å². The second-order valence-corrected chi connectivity index (χ2v) is 7.40. The first-order valence-electron chi connectivity index (χ1n) is 10.0. The van der Waals surface area contributed by atoms with Crippen molar-refractivity contribution in [2.45, 2.75) is 18.6 Å². The van der Waals surface area contributed by atoms with E-state index in [4.69, 9.17) is 10.5 Å². The molecule has 2 aromatic rings. The van der Waals surface area contributed by atoms with E-state index in [0.717, 1.165) is 11.1 Å². The predicted molar refractivity (Wildman–Crippen MR) is 117 cm³/mol. The van der Waals surface area contributed by atoms with Crippen LogP contribution in [0.25, 0.3) is 5.57 Å². The largest absolute Gasteiger partial charge is 0.491 e. The predicted octanol–water partition coefficient (Wildman–Crippen LogP) is 2.46. The Morgan fingerprint density at radius 2 is 1.80 bits per heavy atom.